The van der Waals surface area contributed by atoms with E-state index in [1.54, 1.807) is 6.92 Å². The van der Waals surface area contributed by atoms with E-state index in [4.69, 9.17) is 14.2 Å². The van der Waals surface area contributed by atoms with Crippen molar-refractivity contribution in [2.75, 3.05) is 19.4 Å². The molecular formula is C29H61O5P. The van der Waals surface area contributed by atoms with Crippen molar-refractivity contribution in [3.8, 4) is 0 Å². The van der Waals surface area contributed by atoms with Gasteiger partial charge in [0.25, 0.3) is 0 Å². The minimum Gasteiger partial charge on any atom is -0.481 e. The van der Waals surface area contributed by atoms with Gasteiger partial charge < -0.3 is 14.2 Å². The summed E-state index contributed by atoms with van der Waals surface area (Å²) in [6.45, 7) is 9.21. The van der Waals surface area contributed by atoms with Gasteiger partial charge in [0.2, 0.25) is 0 Å². The molecule has 0 radical (unpaired) electrons. The van der Waals surface area contributed by atoms with Gasteiger partial charge >= 0.3 is 13.6 Å². The lowest BCUT2D eigenvalue weighted by molar-refractivity contribution is -0.136. The molecule has 0 amide bonds. The van der Waals surface area contributed by atoms with Gasteiger partial charge in [0.15, 0.2) is 0 Å². The highest BCUT2D eigenvalue weighted by molar-refractivity contribution is 7.53. The molecule has 0 aromatic carbocycles. The lowest BCUT2D eigenvalue weighted by Crippen LogP contribution is -2.01. The molecule has 0 atom stereocenters. The Labute approximate surface area is 219 Å². The highest BCUT2D eigenvalue weighted by Gasteiger charge is 2.21. The SMILES string of the molecule is CCC(=O)O.CCCCCCCCCCCCOP(=O)(CC)OCCCCCCCCCCCC. The number of hydrogen-bond donors (Lipinski definition) is 1. The van der Waals surface area contributed by atoms with Gasteiger partial charge in [0, 0.05) is 12.6 Å². The standard InChI is InChI=1S/C26H55O3P.C3H6O2/c1-4-7-9-11-13-15-17-19-21-23-25-28-30(27,6-3)29-26-24-22-20-18-16-14-12-10-8-5-2;1-2-3(4)5/h4-26H2,1-3H3;2H2,1H3,(H,4,5). The van der Waals surface area contributed by atoms with Gasteiger partial charge in [-0.1, -0.05) is 143 Å². The summed E-state index contributed by atoms with van der Waals surface area (Å²) in [5, 5.41) is 7.72. The first-order chi connectivity index (χ1) is 17.0. The third-order valence-electron chi connectivity index (χ3n) is 6.26. The highest BCUT2D eigenvalue weighted by Crippen LogP contribution is 2.48. The Kier molecular flexibility index (Phi) is 31.4. The zero-order valence-corrected chi connectivity index (χ0v) is 24.9. The lowest BCUT2D eigenvalue weighted by atomic mass is 10.1. The molecule has 0 rings (SSSR count). The van der Waals surface area contributed by atoms with E-state index in [1.807, 2.05) is 6.92 Å². The molecule has 0 aromatic heterocycles. The molecule has 0 aliphatic rings. The Morgan fingerprint density at radius 1 is 0.543 bits per heavy atom. The van der Waals surface area contributed by atoms with Gasteiger partial charge in [0.1, 0.15) is 0 Å². The van der Waals surface area contributed by atoms with Crippen LogP contribution in [-0.4, -0.2) is 30.5 Å². The summed E-state index contributed by atoms with van der Waals surface area (Å²) >= 11 is 0. The molecule has 1 N–H and O–H groups in total. The second-order valence-corrected chi connectivity index (χ2v) is 12.1. The molecule has 0 bridgehead atoms. The minimum absolute atomic E-state index is 0.222. The Hall–Kier alpha value is -0.380. The van der Waals surface area contributed by atoms with Crippen LogP contribution in [0.15, 0.2) is 0 Å². The fourth-order valence-electron chi connectivity index (χ4n) is 3.81. The van der Waals surface area contributed by atoms with E-state index in [0.717, 1.165) is 12.8 Å². The number of carbonyl (C=O) groups is 1. The number of carboxylic acid groups (broad SMARTS) is 1. The van der Waals surface area contributed by atoms with Crippen LogP contribution in [0, 0.1) is 0 Å². The molecule has 0 heterocycles. The first kappa shape index (κ1) is 36.8. The van der Waals surface area contributed by atoms with Crippen LogP contribution in [0.4, 0.5) is 0 Å². The van der Waals surface area contributed by atoms with Crippen LogP contribution in [0.3, 0.4) is 0 Å². The number of unbranched alkanes of at least 4 members (excludes halogenated alkanes) is 18. The third-order valence-corrected chi connectivity index (χ3v) is 8.19. The fraction of sp³-hybridized carbons (Fsp3) is 0.966. The molecular weight excluding hydrogens is 459 g/mol. The zero-order valence-electron chi connectivity index (χ0n) is 24.0. The third kappa shape index (κ3) is 31.6. The van der Waals surface area contributed by atoms with E-state index >= 15 is 0 Å². The molecule has 0 saturated heterocycles. The molecule has 0 unspecified atom stereocenters. The van der Waals surface area contributed by atoms with Crippen molar-refractivity contribution in [2.45, 2.75) is 163 Å². The summed E-state index contributed by atoms with van der Waals surface area (Å²) in [5.41, 5.74) is 0. The van der Waals surface area contributed by atoms with Gasteiger partial charge in [-0.05, 0) is 12.8 Å². The Bertz CT molecular complexity index is 440. The number of carboxylic acids is 1. The topological polar surface area (TPSA) is 72.8 Å². The maximum absolute atomic E-state index is 12.7. The van der Waals surface area contributed by atoms with Gasteiger partial charge in [-0.3, -0.25) is 9.36 Å². The van der Waals surface area contributed by atoms with Crippen LogP contribution in [0.1, 0.15) is 163 Å². The summed E-state index contributed by atoms with van der Waals surface area (Å²) in [5.74, 6) is -0.745. The fourth-order valence-corrected chi connectivity index (χ4v) is 5.06. The van der Waals surface area contributed by atoms with E-state index < -0.39 is 13.6 Å². The molecule has 0 aliphatic heterocycles. The van der Waals surface area contributed by atoms with Crippen molar-refractivity contribution >= 4 is 13.6 Å². The van der Waals surface area contributed by atoms with E-state index in [2.05, 4.69) is 13.8 Å². The quantitative estimate of drug-likeness (QED) is 0.0907. The lowest BCUT2D eigenvalue weighted by Gasteiger charge is -2.17. The molecule has 6 heteroatoms. The van der Waals surface area contributed by atoms with Gasteiger partial charge in [-0.25, -0.2) is 0 Å². The van der Waals surface area contributed by atoms with E-state index in [1.165, 1.54) is 116 Å². The molecule has 0 spiro atoms. The molecule has 0 saturated carbocycles. The normalized spacial score (nSPS) is 11.3. The van der Waals surface area contributed by atoms with E-state index in [0.29, 0.717) is 19.4 Å². The molecule has 212 valence electrons. The van der Waals surface area contributed by atoms with Crippen molar-refractivity contribution in [3.05, 3.63) is 0 Å². The highest BCUT2D eigenvalue weighted by atomic mass is 31.2. The molecule has 35 heavy (non-hydrogen) atoms. The largest absolute Gasteiger partial charge is 0.481 e. The van der Waals surface area contributed by atoms with E-state index in [-0.39, 0.29) is 6.42 Å². The molecule has 0 aromatic rings. The first-order valence-corrected chi connectivity index (χ1v) is 16.8. The molecule has 0 fully saturated rings. The summed E-state index contributed by atoms with van der Waals surface area (Å²) in [7, 11) is -2.85. The van der Waals surface area contributed by atoms with E-state index in [9.17, 15) is 9.36 Å². The minimum atomic E-state index is -2.85. The second-order valence-electron chi connectivity index (χ2n) is 9.70. The zero-order chi connectivity index (χ0) is 26.5. The van der Waals surface area contributed by atoms with Crippen molar-refractivity contribution in [2.24, 2.45) is 0 Å². The van der Waals surface area contributed by atoms with Crippen molar-refractivity contribution < 1.29 is 23.5 Å². The summed E-state index contributed by atoms with van der Waals surface area (Å²) in [4.78, 5) is 9.37. The predicted octanol–water partition coefficient (Wildman–Crippen LogP) is 10.6. The number of rotatable bonds is 26. The van der Waals surface area contributed by atoms with Crippen molar-refractivity contribution in [1.29, 1.82) is 0 Å². The smallest absolute Gasteiger partial charge is 0.330 e. The monoisotopic (exact) mass is 520 g/mol. The molecule has 0 aliphatic carbocycles. The van der Waals surface area contributed by atoms with Gasteiger partial charge in [0.05, 0.1) is 13.2 Å². The van der Waals surface area contributed by atoms with Crippen LogP contribution in [0.25, 0.3) is 0 Å². The maximum Gasteiger partial charge on any atom is 0.330 e. The first-order valence-electron chi connectivity index (χ1n) is 15.1. The van der Waals surface area contributed by atoms with Crippen LogP contribution < -0.4 is 0 Å². The van der Waals surface area contributed by atoms with Gasteiger partial charge in [-0.15, -0.1) is 0 Å². The van der Waals surface area contributed by atoms with Crippen LogP contribution >= 0.6 is 7.60 Å². The summed E-state index contributed by atoms with van der Waals surface area (Å²) < 4.78 is 24.0. The maximum atomic E-state index is 12.7. The number of aliphatic carboxylic acids is 1. The van der Waals surface area contributed by atoms with Crippen LogP contribution in [0.5, 0.6) is 0 Å². The average Bonchev–Trinajstić information content (AvgIpc) is 2.86. The average molecular weight is 521 g/mol. The predicted molar refractivity (Wildman–Crippen MR) is 152 cm³/mol. The summed E-state index contributed by atoms with van der Waals surface area (Å²) in [6, 6.07) is 0. The molecule has 5 nitrogen and oxygen atoms in total. The van der Waals surface area contributed by atoms with Crippen LogP contribution in [0.2, 0.25) is 0 Å². The second kappa shape index (κ2) is 29.8. The number of hydrogen-bond acceptors (Lipinski definition) is 4. The van der Waals surface area contributed by atoms with Crippen LogP contribution in [-0.2, 0) is 18.4 Å². The van der Waals surface area contributed by atoms with Crippen molar-refractivity contribution in [1.82, 2.24) is 0 Å². The Balaban J connectivity index is 0. The van der Waals surface area contributed by atoms with Crippen molar-refractivity contribution in [3.63, 3.8) is 0 Å². The van der Waals surface area contributed by atoms with Gasteiger partial charge in [-0.2, -0.15) is 0 Å². The summed E-state index contributed by atoms with van der Waals surface area (Å²) in [6.07, 6.45) is 26.8. The Morgan fingerprint density at radius 3 is 1.03 bits per heavy atom. The Morgan fingerprint density at radius 2 is 0.800 bits per heavy atom.